The molecule has 2 aromatic rings. The molecule has 226 valence electrons. The van der Waals surface area contributed by atoms with Crippen LogP contribution in [-0.2, 0) is 14.3 Å². The van der Waals surface area contributed by atoms with Crippen LogP contribution in [0, 0.1) is 0 Å². The van der Waals surface area contributed by atoms with Crippen LogP contribution in [-0.4, -0.2) is 92.7 Å². The van der Waals surface area contributed by atoms with Crippen molar-refractivity contribution < 1.29 is 33.8 Å². The molecular weight excluding hydrogens is 542 g/mol. The van der Waals surface area contributed by atoms with Crippen LogP contribution in [0.2, 0.25) is 0 Å². The van der Waals surface area contributed by atoms with Gasteiger partial charge in [-0.15, -0.1) is 0 Å². The van der Waals surface area contributed by atoms with Crippen molar-refractivity contribution >= 4 is 23.9 Å². The summed E-state index contributed by atoms with van der Waals surface area (Å²) in [6.07, 6.45) is 3.05. The van der Waals surface area contributed by atoms with Crippen molar-refractivity contribution in [2.75, 3.05) is 19.7 Å². The van der Waals surface area contributed by atoms with Crippen molar-refractivity contribution in [3.8, 4) is 17.3 Å². The highest BCUT2D eigenvalue weighted by Crippen LogP contribution is 2.26. The lowest BCUT2D eigenvalue weighted by atomic mass is 10.0. The minimum Gasteiger partial charge on any atom is -0.481 e. The standard InChI is InChI=1S/C30H39N5O7/c1-4-41-30(40)35-18-19(2)34(17-20(35)3)29(39)23(14-15-26(36)37)32-28(38)24-16-25(42-22-12-8-9-13-22)33-27(31-24)21-10-6-5-7-11-21/h5-7,10-11,16,19-20,22-23H,4,8-9,12-15,17-18H2,1-3H3,(H,32,38)(H,36,37)/t19?,20?,23-/m0/s1. The number of carbonyl (C=O) groups is 4. The number of nitrogens with one attached hydrogen (secondary N) is 1. The SMILES string of the molecule is CCOC(=O)N1CC(C)N(C(=O)[C@H](CCC(=O)O)NC(=O)c2cc(OC3CCCC3)nc(-c3ccccc3)n2)CC1C. The Labute approximate surface area is 245 Å². The van der Waals surface area contributed by atoms with Gasteiger partial charge in [-0.1, -0.05) is 30.3 Å². The predicted octanol–water partition coefficient (Wildman–Crippen LogP) is 3.51. The molecule has 0 radical (unpaired) electrons. The number of rotatable bonds is 10. The van der Waals surface area contributed by atoms with Gasteiger partial charge in [-0.05, 0) is 52.9 Å². The van der Waals surface area contributed by atoms with Gasteiger partial charge in [-0.2, -0.15) is 4.98 Å². The molecule has 2 unspecified atom stereocenters. The highest BCUT2D eigenvalue weighted by atomic mass is 16.6. The maximum atomic E-state index is 13.7. The molecule has 3 atom stereocenters. The van der Waals surface area contributed by atoms with Gasteiger partial charge in [0.25, 0.3) is 5.91 Å². The summed E-state index contributed by atoms with van der Waals surface area (Å²) < 4.78 is 11.2. The largest absolute Gasteiger partial charge is 0.481 e. The van der Waals surface area contributed by atoms with Gasteiger partial charge in [0.2, 0.25) is 11.8 Å². The van der Waals surface area contributed by atoms with Gasteiger partial charge in [0.05, 0.1) is 6.61 Å². The number of piperazine rings is 1. The molecule has 1 aliphatic carbocycles. The zero-order valence-corrected chi connectivity index (χ0v) is 24.3. The van der Waals surface area contributed by atoms with Crippen molar-refractivity contribution in [1.29, 1.82) is 0 Å². The second kappa shape index (κ2) is 14.1. The summed E-state index contributed by atoms with van der Waals surface area (Å²) in [7, 11) is 0. The van der Waals surface area contributed by atoms with E-state index in [1.807, 2.05) is 37.3 Å². The first kappa shape index (κ1) is 30.7. The number of aromatic nitrogens is 2. The molecule has 12 nitrogen and oxygen atoms in total. The third-order valence-corrected chi connectivity index (χ3v) is 7.58. The van der Waals surface area contributed by atoms with Gasteiger partial charge < -0.3 is 29.7 Å². The minimum absolute atomic E-state index is 0.001000. The van der Waals surface area contributed by atoms with Crippen molar-refractivity contribution in [3.63, 3.8) is 0 Å². The fourth-order valence-corrected chi connectivity index (χ4v) is 5.35. The fraction of sp³-hybridized carbons (Fsp3) is 0.533. The average Bonchev–Trinajstić information content (AvgIpc) is 3.49. The molecule has 2 fully saturated rings. The van der Waals surface area contributed by atoms with E-state index in [0.717, 1.165) is 25.7 Å². The monoisotopic (exact) mass is 581 g/mol. The van der Waals surface area contributed by atoms with E-state index >= 15 is 0 Å². The Kier molecular flexibility index (Phi) is 10.3. The molecule has 3 amide bonds. The second-order valence-electron chi connectivity index (χ2n) is 10.8. The van der Waals surface area contributed by atoms with E-state index in [2.05, 4.69) is 15.3 Å². The first-order valence-corrected chi connectivity index (χ1v) is 14.5. The Morgan fingerprint density at radius 3 is 2.36 bits per heavy atom. The van der Waals surface area contributed by atoms with Crippen LogP contribution in [0.4, 0.5) is 4.79 Å². The lowest BCUT2D eigenvalue weighted by Crippen LogP contribution is -2.62. The Hall–Kier alpha value is -4.22. The van der Waals surface area contributed by atoms with E-state index in [9.17, 15) is 24.3 Å². The summed E-state index contributed by atoms with van der Waals surface area (Å²) in [6.45, 7) is 6.04. The van der Waals surface area contributed by atoms with E-state index < -0.39 is 29.9 Å². The number of carboxylic acids is 1. The van der Waals surface area contributed by atoms with Gasteiger partial charge in [0.15, 0.2) is 5.82 Å². The molecule has 0 bridgehead atoms. The van der Waals surface area contributed by atoms with Crippen molar-refractivity contribution in [1.82, 2.24) is 25.1 Å². The second-order valence-corrected chi connectivity index (χ2v) is 10.8. The molecule has 0 spiro atoms. The van der Waals surface area contributed by atoms with Crippen LogP contribution >= 0.6 is 0 Å². The number of amides is 3. The molecule has 1 saturated carbocycles. The Morgan fingerprint density at radius 1 is 1.02 bits per heavy atom. The molecule has 1 aliphatic heterocycles. The smallest absolute Gasteiger partial charge is 0.410 e. The summed E-state index contributed by atoms with van der Waals surface area (Å²) in [5.74, 6) is -1.57. The van der Waals surface area contributed by atoms with Gasteiger partial charge in [-0.3, -0.25) is 14.4 Å². The van der Waals surface area contributed by atoms with Crippen LogP contribution in [0.5, 0.6) is 5.88 Å². The van der Waals surface area contributed by atoms with Crippen molar-refractivity contribution in [2.24, 2.45) is 0 Å². The topological polar surface area (TPSA) is 151 Å². The van der Waals surface area contributed by atoms with E-state index in [4.69, 9.17) is 9.47 Å². The molecule has 1 aromatic carbocycles. The Bertz CT molecular complexity index is 1270. The molecule has 4 rings (SSSR count). The number of carbonyl (C=O) groups excluding carboxylic acids is 3. The maximum Gasteiger partial charge on any atom is 0.410 e. The van der Waals surface area contributed by atoms with Gasteiger partial charge in [-0.25, -0.2) is 9.78 Å². The first-order valence-electron chi connectivity index (χ1n) is 14.5. The quantitative estimate of drug-likeness (QED) is 0.429. The van der Waals surface area contributed by atoms with Crippen LogP contribution in [0.15, 0.2) is 36.4 Å². The van der Waals surface area contributed by atoms with Gasteiger partial charge in [0.1, 0.15) is 17.8 Å². The van der Waals surface area contributed by atoms with Gasteiger partial charge >= 0.3 is 12.1 Å². The summed E-state index contributed by atoms with van der Waals surface area (Å²) in [6, 6.07) is 8.84. The summed E-state index contributed by atoms with van der Waals surface area (Å²) >= 11 is 0. The molecule has 42 heavy (non-hydrogen) atoms. The number of carboxylic acid groups (broad SMARTS) is 1. The first-order chi connectivity index (χ1) is 20.2. The molecule has 2 heterocycles. The van der Waals surface area contributed by atoms with E-state index in [-0.39, 0.29) is 62.3 Å². The third-order valence-electron chi connectivity index (χ3n) is 7.58. The van der Waals surface area contributed by atoms with Crippen molar-refractivity contribution in [2.45, 2.75) is 83.5 Å². The van der Waals surface area contributed by atoms with Gasteiger partial charge in [0, 0.05) is 43.2 Å². The molecule has 2 N–H and O–H groups in total. The normalized spacial score (nSPS) is 19.7. The highest BCUT2D eigenvalue weighted by molar-refractivity contribution is 5.97. The predicted molar refractivity (Wildman–Crippen MR) is 153 cm³/mol. The average molecular weight is 582 g/mol. The summed E-state index contributed by atoms with van der Waals surface area (Å²) in [5, 5.41) is 12.1. The maximum absolute atomic E-state index is 13.7. The van der Waals surface area contributed by atoms with E-state index in [0.29, 0.717) is 11.4 Å². The molecular formula is C30H39N5O7. The lowest BCUT2D eigenvalue weighted by molar-refractivity contribution is -0.140. The third kappa shape index (κ3) is 7.74. The number of hydrogen-bond donors (Lipinski definition) is 2. The molecule has 1 aromatic heterocycles. The zero-order chi connectivity index (χ0) is 30.2. The van der Waals surface area contributed by atoms with E-state index in [1.165, 1.54) is 6.07 Å². The molecule has 12 heteroatoms. The van der Waals surface area contributed by atoms with Crippen LogP contribution in [0.1, 0.15) is 69.8 Å². The Morgan fingerprint density at radius 2 is 1.69 bits per heavy atom. The molecule has 2 aliphatic rings. The number of aliphatic carboxylic acids is 1. The van der Waals surface area contributed by atoms with Crippen LogP contribution < -0.4 is 10.1 Å². The summed E-state index contributed by atoms with van der Waals surface area (Å²) in [5.41, 5.74) is 0.711. The van der Waals surface area contributed by atoms with E-state index in [1.54, 1.807) is 23.6 Å². The van der Waals surface area contributed by atoms with Crippen LogP contribution in [0.3, 0.4) is 0 Å². The number of hydrogen-bond acceptors (Lipinski definition) is 8. The fourth-order valence-electron chi connectivity index (χ4n) is 5.35. The molecule has 1 saturated heterocycles. The highest BCUT2D eigenvalue weighted by Gasteiger charge is 2.38. The number of benzene rings is 1. The number of ether oxygens (including phenoxy) is 2. The summed E-state index contributed by atoms with van der Waals surface area (Å²) in [4.78, 5) is 63.3. The zero-order valence-electron chi connectivity index (χ0n) is 24.3. The Balaban J connectivity index is 1.56. The minimum atomic E-state index is -1.12. The van der Waals surface area contributed by atoms with Crippen LogP contribution in [0.25, 0.3) is 11.4 Å². The number of nitrogens with zero attached hydrogens (tertiary/aromatic N) is 4. The lowest BCUT2D eigenvalue weighted by Gasteiger charge is -2.44. The van der Waals surface area contributed by atoms with Crippen molar-refractivity contribution in [3.05, 3.63) is 42.1 Å².